The molecule has 5 nitrogen and oxygen atoms in total. The molecule has 0 spiro atoms. The van der Waals surface area contributed by atoms with Gasteiger partial charge in [0.25, 0.3) is 0 Å². The maximum Gasteiger partial charge on any atom is 0.407 e. The van der Waals surface area contributed by atoms with E-state index < -0.39 is 23.7 Å². The first-order chi connectivity index (χ1) is 12.0. The van der Waals surface area contributed by atoms with Crippen LogP contribution >= 0.6 is 0 Å². The van der Waals surface area contributed by atoms with Crippen LogP contribution in [0.15, 0.2) is 48.5 Å². The van der Waals surface area contributed by atoms with Crippen molar-refractivity contribution >= 4 is 18.1 Å². The number of nitrogens with one attached hydrogen (secondary N) is 1. The molecule has 0 aliphatic carbocycles. The highest BCUT2D eigenvalue weighted by Gasteiger charge is 2.13. The van der Waals surface area contributed by atoms with E-state index in [4.69, 9.17) is 9.84 Å². The van der Waals surface area contributed by atoms with E-state index >= 15 is 0 Å². The average molecular weight is 347 g/mol. The molecule has 0 heterocycles. The van der Waals surface area contributed by atoms with Crippen molar-refractivity contribution in [3.63, 3.8) is 0 Å². The second-order valence-electron chi connectivity index (χ2n) is 5.00. The number of amides is 1. The Labute approximate surface area is 142 Å². The number of carboxylic acids is 1. The minimum Gasteiger partial charge on any atom is -0.478 e. The molecule has 0 saturated heterocycles. The standard InChI is InChI=1S/C18H15F2NO4/c19-15-9-13(14(17(22)23)10-16(15)20)7-4-8-21-18(24)25-11-12-5-2-1-3-6-12/h1-7,9-10H,8,11H2,(H,21,24)(H,22,23). The molecular formula is C18H15F2NO4. The lowest BCUT2D eigenvalue weighted by molar-refractivity contribution is 0.0696. The molecule has 0 radical (unpaired) electrons. The minimum absolute atomic E-state index is 0.00847. The van der Waals surface area contributed by atoms with Gasteiger partial charge in [-0.05, 0) is 23.3 Å². The Hall–Kier alpha value is -3.22. The molecule has 0 bridgehead atoms. The van der Waals surface area contributed by atoms with E-state index in [1.807, 2.05) is 30.3 Å². The summed E-state index contributed by atoms with van der Waals surface area (Å²) in [6, 6.07) is 10.5. The molecule has 0 aliphatic rings. The van der Waals surface area contributed by atoms with E-state index in [0.717, 1.165) is 11.6 Å². The molecule has 2 aromatic carbocycles. The first kappa shape index (κ1) is 18.1. The Morgan fingerprint density at radius 3 is 2.48 bits per heavy atom. The van der Waals surface area contributed by atoms with E-state index in [2.05, 4.69) is 5.32 Å². The highest BCUT2D eigenvalue weighted by Crippen LogP contribution is 2.16. The van der Waals surface area contributed by atoms with Crippen molar-refractivity contribution in [3.05, 3.63) is 76.9 Å². The lowest BCUT2D eigenvalue weighted by atomic mass is 10.1. The van der Waals surface area contributed by atoms with Gasteiger partial charge in [0, 0.05) is 6.54 Å². The summed E-state index contributed by atoms with van der Waals surface area (Å²) in [5.74, 6) is -3.77. The quantitative estimate of drug-likeness (QED) is 0.837. The van der Waals surface area contributed by atoms with Gasteiger partial charge in [-0.25, -0.2) is 18.4 Å². The minimum atomic E-state index is -1.38. The van der Waals surface area contributed by atoms with Gasteiger partial charge in [0.05, 0.1) is 5.56 Å². The topological polar surface area (TPSA) is 75.6 Å². The number of hydrogen-bond donors (Lipinski definition) is 2. The third-order valence-corrected chi connectivity index (χ3v) is 3.20. The molecule has 2 aromatic rings. The first-order valence-electron chi connectivity index (χ1n) is 7.31. The van der Waals surface area contributed by atoms with Crippen molar-refractivity contribution < 1.29 is 28.2 Å². The lowest BCUT2D eigenvalue weighted by Crippen LogP contribution is -2.24. The number of carbonyl (C=O) groups excluding carboxylic acids is 1. The van der Waals surface area contributed by atoms with Crippen LogP contribution in [0.5, 0.6) is 0 Å². The maximum absolute atomic E-state index is 13.2. The summed E-state index contributed by atoms with van der Waals surface area (Å²) in [5, 5.41) is 11.4. The summed E-state index contributed by atoms with van der Waals surface area (Å²) < 4.78 is 31.3. The fraction of sp³-hybridized carbons (Fsp3) is 0.111. The number of alkyl carbamates (subject to hydrolysis) is 1. The van der Waals surface area contributed by atoms with Crippen LogP contribution in [0.1, 0.15) is 21.5 Å². The second-order valence-corrected chi connectivity index (χ2v) is 5.00. The molecule has 0 aromatic heterocycles. The predicted molar refractivity (Wildman–Crippen MR) is 87.0 cm³/mol. The highest BCUT2D eigenvalue weighted by atomic mass is 19.2. The zero-order chi connectivity index (χ0) is 18.2. The average Bonchev–Trinajstić information content (AvgIpc) is 2.60. The molecule has 0 fully saturated rings. The molecule has 0 unspecified atom stereocenters. The van der Waals surface area contributed by atoms with Gasteiger partial charge in [0.15, 0.2) is 11.6 Å². The first-order valence-corrected chi connectivity index (χ1v) is 7.31. The fourth-order valence-corrected chi connectivity index (χ4v) is 1.99. The Morgan fingerprint density at radius 2 is 1.80 bits per heavy atom. The lowest BCUT2D eigenvalue weighted by Gasteiger charge is -2.05. The van der Waals surface area contributed by atoms with Gasteiger partial charge in [-0.2, -0.15) is 0 Å². The summed E-state index contributed by atoms with van der Waals surface area (Å²) >= 11 is 0. The van der Waals surface area contributed by atoms with Gasteiger partial charge < -0.3 is 15.2 Å². The summed E-state index contributed by atoms with van der Waals surface area (Å²) in [4.78, 5) is 22.6. The van der Waals surface area contributed by atoms with Crippen molar-refractivity contribution in [2.45, 2.75) is 6.61 Å². The number of rotatable bonds is 6. The number of carbonyl (C=O) groups is 2. The van der Waals surface area contributed by atoms with Crippen LogP contribution in [0.3, 0.4) is 0 Å². The summed E-state index contributed by atoms with van der Waals surface area (Å²) in [6.45, 7) is 0.147. The zero-order valence-corrected chi connectivity index (χ0v) is 13.0. The van der Waals surface area contributed by atoms with Gasteiger partial charge in [-0.3, -0.25) is 0 Å². The van der Waals surface area contributed by atoms with Crippen LogP contribution < -0.4 is 5.32 Å². The molecule has 2 rings (SSSR count). The van der Waals surface area contributed by atoms with Crippen LogP contribution in [0.2, 0.25) is 0 Å². The smallest absolute Gasteiger partial charge is 0.407 e. The molecule has 7 heteroatoms. The number of ether oxygens (including phenoxy) is 1. The van der Waals surface area contributed by atoms with Gasteiger partial charge in [0.2, 0.25) is 0 Å². The van der Waals surface area contributed by atoms with E-state index in [1.54, 1.807) is 0 Å². The molecule has 2 N–H and O–H groups in total. The Morgan fingerprint density at radius 1 is 1.12 bits per heavy atom. The molecule has 0 saturated carbocycles. The largest absolute Gasteiger partial charge is 0.478 e. The van der Waals surface area contributed by atoms with Crippen molar-refractivity contribution in [2.75, 3.05) is 6.54 Å². The van der Waals surface area contributed by atoms with Crippen molar-refractivity contribution in [2.24, 2.45) is 0 Å². The van der Waals surface area contributed by atoms with E-state index in [0.29, 0.717) is 6.07 Å². The molecule has 25 heavy (non-hydrogen) atoms. The summed E-state index contributed by atoms with van der Waals surface area (Å²) in [7, 11) is 0. The molecule has 0 atom stereocenters. The van der Waals surface area contributed by atoms with Crippen LogP contribution in [0, 0.1) is 11.6 Å². The Bertz CT molecular complexity index is 791. The number of carboxylic acid groups (broad SMARTS) is 1. The summed E-state index contributed by atoms with van der Waals surface area (Å²) in [5.41, 5.74) is 0.453. The second kappa shape index (κ2) is 8.58. The number of aromatic carboxylic acids is 1. The van der Waals surface area contributed by atoms with Crippen LogP contribution in [-0.2, 0) is 11.3 Å². The molecule has 0 aliphatic heterocycles. The monoisotopic (exact) mass is 347 g/mol. The fourth-order valence-electron chi connectivity index (χ4n) is 1.99. The van der Waals surface area contributed by atoms with E-state index in [1.165, 1.54) is 12.2 Å². The van der Waals surface area contributed by atoms with Crippen LogP contribution in [0.4, 0.5) is 13.6 Å². The summed E-state index contributed by atoms with van der Waals surface area (Å²) in [6.07, 6.45) is 2.03. The predicted octanol–water partition coefficient (Wildman–Crippen LogP) is 3.60. The zero-order valence-electron chi connectivity index (χ0n) is 13.0. The Kier molecular flexibility index (Phi) is 6.22. The van der Waals surface area contributed by atoms with E-state index in [9.17, 15) is 18.4 Å². The molecule has 130 valence electrons. The van der Waals surface area contributed by atoms with Crippen molar-refractivity contribution in [3.8, 4) is 0 Å². The number of benzene rings is 2. The number of halogens is 2. The highest BCUT2D eigenvalue weighted by molar-refractivity contribution is 5.92. The van der Waals surface area contributed by atoms with Crippen molar-refractivity contribution in [1.82, 2.24) is 5.32 Å². The third-order valence-electron chi connectivity index (χ3n) is 3.20. The van der Waals surface area contributed by atoms with Gasteiger partial charge >= 0.3 is 12.1 Å². The van der Waals surface area contributed by atoms with Gasteiger partial charge in [0.1, 0.15) is 6.61 Å². The maximum atomic E-state index is 13.2. The van der Waals surface area contributed by atoms with Crippen LogP contribution in [-0.4, -0.2) is 23.7 Å². The van der Waals surface area contributed by atoms with E-state index in [-0.39, 0.29) is 24.3 Å². The molecular weight excluding hydrogens is 332 g/mol. The SMILES string of the molecule is O=C(NCC=Cc1cc(F)c(F)cc1C(=O)O)OCc1ccccc1. The third kappa shape index (κ3) is 5.42. The normalized spacial score (nSPS) is 10.6. The van der Waals surface area contributed by atoms with Crippen LogP contribution in [0.25, 0.3) is 6.08 Å². The van der Waals surface area contributed by atoms with Gasteiger partial charge in [-0.15, -0.1) is 0 Å². The Balaban J connectivity index is 1.88. The number of hydrogen-bond acceptors (Lipinski definition) is 3. The van der Waals surface area contributed by atoms with Crippen molar-refractivity contribution in [1.29, 1.82) is 0 Å². The molecule has 1 amide bonds. The van der Waals surface area contributed by atoms with Gasteiger partial charge in [-0.1, -0.05) is 42.5 Å².